The summed E-state index contributed by atoms with van der Waals surface area (Å²) in [4.78, 5) is 12.2. The van der Waals surface area contributed by atoms with Gasteiger partial charge in [0.15, 0.2) is 0 Å². The molecule has 0 unspecified atom stereocenters. The number of nitrogens with zero attached hydrogens (tertiary/aromatic N) is 1. The average Bonchev–Trinajstić information content (AvgIpc) is 2.25. The number of carbonyl (C=O) groups is 1. The molecule has 0 aliphatic rings. The van der Waals surface area contributed by atoms with E-state index in [4.69, 9.17) is 0 Å². The van der Waals surface area contributed by atoms with Crippen LogP contribution < -0.4 is 10.2 Å². The molecular weight excluding hydrogens is 176 g/mol. The lowest BCUT2D eigenvalue weighted by Gasteiger charge is -2.16. The fourth-order valence-corrected chi connectivity index (χ4v) is 1.25. The average molecular weight is 192 g/mol. The molecule has 1 aromatic rings. The minimum atomic E-state index is 0.812. The Labute approximate surface area is 84.7 Å². The molecule has 0 heterocycles. The first-order valence-electron chi connectivity index (χ1n) is 4.80. The second-order valence-electron chi connectivity index (χ2n) is 3.16. The molecule has 3 heteroatoms. The monoisotopic (exact) mass is 192 g/mol. The topological polar surface area (TPSA) is 32.3 Å². The van der Waals surface area contributed by atoms with Crippen molar-refractivity contribution >= 4 is 17.8 Å². The van der Waals surface area contributed by atoms with E-state index in [1.165, 1.54) is 0 Å². The smallest absolute Gasteiger partial charge is 0.213 e. The number of rotatable bonds is 5. The summed E-state index contributed by atoms with van der Waals surface area (Å²) in [5.41, 5.74) is 1.92. The summed E-state index contributed by atoms with van der Waals surface area (Å²) >= 11 is 0. The Bertz CT molecular complexity index is 299. The lowest BCUT2D eigenvalue weighted by molar-refractivity contribution is -0.107. The lowest BCUT2D eigenvalue weighted by Crippen LogP contribution is -2.16. The fraction of sp³-hybridized carbons (Fsp3) is 0.364. The van der Waals surface area contributed by atoms with Crippen molar-refractivity contribution in [2.24, 2.45) is 0 Å². The zero-order chi connectivity index (χ0) is 10.4. The number of nitrogens with one attached hydrogen (secondary N) is 1. The number of amides is 1. The summed E-state index contributed by atoms with van der Waals surface area (Å²) in [5, 5.41) is 3.28. The molecular formula is C11H16N2O. The van der Waals surface area contributed by atoms with Crippen LogP contribution in [0.25, 0.3) is 0 Å². The van der Waals surface area contributed by atoms with Crippen LogP contribution in [0.15, 0.2) is 24.3 Å². The van der Waals surface area contributed by atoms with Crippen LogP contribution >= 0.6 is 0 Å². The number of hydrogen-bond donors (Lipinski definition) is 1. The number of hydrogen-bond acceptors (Lipinski definition) is 2. The molecule has 3 nitrogen and oxygen atoms in total. The molecule has 0 saturated carbocycles. The molecule has 0 aliphatic carbocycles. The van der Waals surface area contributed by atoms with Crippen molar-refractivity contribution < 1.29 is 4.79 Å². The lowest BCUT2D eigenvalue weighted by atomic mass is 10.2. The van der Waals surface area contributed by atoms with Gasteiger partial charge >= 0.3 is 0 Å². The van der Waals surface area contributed by atoms with Gasteiger partial charge < -0.3 is 10.2 Å². The third-order valence-electron chi connectivity index (χ3n) is 2.01. The van der Waals surface area contributed by atoms with Crippen LogP contribution in [0, 0.1) is 0 Å². The van der Waals surface area contributed by atoms with E-state index in [0.717, 1.165) is 30.8 Å². The molecule has 0 aromatic heterocycles. The molecule has 0 saturated heterocycles. The second-order valence-corrected chi connectivity index (χ2v) is 3.16. The van der Waals surface area contributed by atoms with E-state index in [1.807, 2.05) is 24.3 Å². The van der Waals surface area contributed by atoms with Crippen molar-refractivity contribution in [3.63, 3.8) is 0 Å². The molecule has 0 bridgehead atoms. The van der Waals surface area contributed by atoms with E-state index in [9.17, 15) is 4.79 Å². The number of para-hydroxylation sites is 2. The maximum absolute atomic E-state index is 10.6. The highest BCUT2D eigenvalue weighted by molar-refractivity contribution is 5.82. The van der Waals surface area contributed by atoms with Crippen molar-refractivity contribution in [2.75, 3.05) is 23.8 Å². The highest BCUT2D eigenvalue weighted by atomic mass is 16.1. The van der Waals surface area contributed by atoms with Gasteiger partial charge in [-0.1, -0.05) is 19.1 Å². The van der Waals surface area contributed by atoms with Crippen molar-refractivity contribution in [1.82, 2.24) is 0 Å². The van der Waals surface area contributed by atoms with Gasteiger partial charge in [0.25, 0.3) is 0 Å². The van der Waals surface area contributed by atoms with Crippen LogP contribution in [0.2, 0.25) is 0 Å². The van der Waals surface area contributed by atoms with E-state index in [1.54, 1.807) is 11.9 Å². The van der Waals surface area contributed by atoms with Gasteiger partial charge in [0.2, 0.25) is 6.41 Å². The highest BCUT2D eigenvalue weighted by Crippen LogP contribution is 2.23. The van der Waals surface area contributed by atoms with Crippen LogP contribution in [0.3, 0.4) is 0 Å². The third kappa shape index (κ3) is 2.49. The predicted molar refractivity (Wildman–Crippen MR) is 59.7 cm³/mol. The molecule has 76 valence electrons. The Kier molecular flexibility index (Phi) is 3.98. The number of anilines is 2. The molecule has 0 spiro atoms. The zero-order valence-corrected chi connectivity index (χ0v) is 8.66. The van der Waals surface area contributed by atoms with Gasteiger partial charge in [-0.25, -0.2) is 0 Å². The minimum absolute atomic E-state index is 0.812. The SMILES string of the molecule is CCCNc1ccccc1N(C)C=O. The van der Waals surface area contributed by atoms with Gasteiger partial charge in [-0.05, 0) is 18.6 Å². The first-order valence-corrected chi connectivity index (χ1v) is 4.80. The van der Waals surface area contributed by atoms with Gasteiger partial charge in [-0.2, -0.15) is 0 Å². The fourth-order valence-electron chi connectivity index (χ4n) is 1.25. The predicted octanol–water partition coefficient (Wildman–Crippen LogP) is 2.10. The largest absolute Gasteiger partial charge is 0.383 e. The highest BCUT2D eigenvalue weighted by Gasteiger charge is 2.03. The molecule has 0 radical (unpaired) electrons. The molecule has 1 N–H and O–H groups in total. The molecule has 0 fully saturated rings. The Morgan fingerprint density at radius 3 is 2.79 bits per heavy atom. The van der Waals surface area contributed by atoms with Crippen LogP contribution in [0.5, 0.6) is 0 Å². The van der Waals surface area contributed by atoms with Gasteiger partial charge in [-0.3, -0.25) is 4.79 Å². The van der Waals surface area contributed by atoms with Crippen LogP contribution in [0.1, 0.15) is 13.3 Å². The van der Waals surface area contributed by atoms with E-state index in [0.29, 0.717) is 0 Å². The first-order chi connectivity index (χ1) is 6.79. The summed E-state index contributed by atoms with van der Waals surface area (Å²) in [6.45, 7) is 3.03. The molecule has 0 atom stereocenters. The Balaban J connectivity index is 2.85. The van der Waals surface area contributed by atoms with Crippen molar-refractivity contribution in [2.45, 2.75) is 13.3 Å². The van der Waals surface area contributed by atoms with Gasteiger partial charge in [-0.15, -0.1) is 0 Å². The standard InChI is InChI=1S/C11H16N2O/c1-3-8-12-10-6-4-5-7-11(10)13(2)9-14/h4-7,9,12H,3,8H2,1-2H3. The van der Waals surface area contributed by atoms with Gasteiger partial charge in [0.05, 0.1) is 11.4 Å². The summed E-state index contributed by atoms with van der Waals surface area (Å²) in [5.74, 6) is 0. The van der Waals surface area contributed by atoms with Gasteiger partial charge in [0.1, 0.15) is 0 Å². The maximum atomic E-state index is 10.6. The van der Waals surface area contributed by atoms with Gasteiger partial charge in [0, 0.05) is 13.6 Å². The summed E-state index contributed by atoms with van der Waals surface area (Å²) in [6.07, 6.45) is 1.88. The van der Waals surface area contributed by atoms with Crippen molar-refractivity contribution in [1.29, 1.82) is 0 Å². The number of carbonyl (C=O) groups excluding carboxylic acids is 1. The zero-order valence-electron chi connectivity index (χ0n) is 8.66. The molecule has 1 rings (SSSR count). The normalized spacial score (nSPS) is 9.57. The molecule has 1 aromatic carbocycles. The molecule has 1 amide bonds. The molecule has 0 aliphatic heterocycles. The van der Waals surface area contributed by atoms with Crippen molar-refractivity contribution in [3.8, 4) is 0 Å². The van der Waals surface area contributed by atoms with Crippen LogP contribution in [-0.2, 0) is 4.79 Å². The van der Waals surface area contributed by atoms with E-state index < -0.39 is 0 Å². The van der Waals surface area contributed by atoms with E-state index in [2.05, 4.69) is 12.2 Å². The Morgan fingerprint density at radius 2 is 2.14 bits per heavy atom. The van der Waals surface area contributed by atoms with E-state index >= 15 is 0 Å². The van der Waals surface area contributed by atoms with Crippen LogP contribution in [0.4, 0.5) is 11.4 Å². The Hall–Kier alpha value is -1.51. The van der Waals surface area contributed by atoms with E-state index in [-0.39, 0.29) is 0 Å². The quantitative estimate of drug-likeness (QED) is 0.724. The maximum Gasteiger partial charge on any atom is 0.213 e. The summed E-state index contributed by atoms with van der Waals surface area (Å²) < 4.78 is 0. The van der Waals surface area contributed by atoms with Crippen molar-refractivity contribution in [3.05, 3.63) is 24.3 Å². The first kappa shape index (κ1) is 10.6. The minimum Gasteiger partial charge on any atom is -0.383 e. The number of benzene rings is 1. The third-order valence-corrected chi connectivity index (χ3v) is 2.01. The summed E-state index contributed by atoms with van der Waals surface area (Å²) in [7, 11) is 1.75. The van der Waals surface area contributed by atoms with Crippen LogP contribution in [-0.4, -0.2) is 20.0 Å². The Morgan fingerprint density at radius 1 is 1.43 bits per heavy atom. The second kappa shape index (κ2) is 5.27. The summed E-state index contributed by atoms with van der Waals surface area (Å²) in [6, 6.07) is 7.78. The molecule has 14 heavy (non-hydrogen) atoms.